The largest absolute Gasteiger partial charge is 0.305 e. The van der Waals surface area contributed by atoms with Gasteiger partial charge in [-0.15, -0.1) is 0 Å². The summed E-state index contributed by atoms with van der Waals surface area (Å²) in [4.78, 5) is 0. The van der Waals surface area contributed by atoms with E-state index in [0.717, 1.165) is 0 Å². The quantitative estimate of drug-likeness (QED) is 0.749. The molecule has 0 aromatic heterocycles. The van der Waals surface area contributed by atoms with Gasteiger partial charge >= 0.3 is 0 Å². The van der Waals surface area contributed by atoms with Crippen LogP contribution in [0.5, 0.6) is 0 Å². The van der Waals surface area contributed by atoms with E-state index >= 15 is 0 Å². The van der Waals surface area contributed by atoms with Gasteiger partial charge in [-0.3, -0.25) is 0 Å². The lowest BCUT2D eigenvalue weighted by molar-refractivity contribution is 0.541. The van der Waals surface area contributed by atoms with Gasteiger partial charge in [0.25, 0.3) is 0 Å². The van der Waals surface area contributed by atoms with E-state index in [-0.39, 0.29) is 0 Å². The lowest BCUT2D eigenvalue weighted by atomic mass is 10.2. The van der Waals surface area contributed by atoms with Crippen LogP contribution in [0.25, 0.3) is 0 Å². The van der Waals surface area contributed by atoms with E-state index in [0.29, 0.717) is 5.56 Å². The lowest BCUT2D eigenvalue weighted by Crippen LogP contribution is -2.11. The predicted octanol–water partition coefficient (Wildman–Crippen LogP) is 1.13. The van der Waals surface area contributed by atoms with Crippen LogP contribution >= 0.6 is 0 Å². The van der Waals surface area contributed by atoms with E-state index in [1.54, 1.807) is 18.2 Å². The molecule has 6 heteroatoms. The molecule has 4 nitrogen and oxygen atoms in total. The molecule has 2 atom stereocenters. The fraction of sp³-hybridized carbons (Fsp3) is 0.143. The Balaban J connectivity index is 3.03. The van der Waals surface area contributed by atoms with Crippen molar-refractivity contribution in [2.45, 2.75) is 4.58 Å². The Morgan fingerprint density at radius 2 is 1.46 bits per heavy atom. The molecule has 0 aliphatic carbocycles. The summed E-state index contributed by atoms with van der Waals surface area (Å²) in [7, 11) is 0. The van der Waals surface area contributed by atoms with Crippen LogP contribution in [0.15, 0.2) is 30.3 Å². The molecule has 1 rings (SSSR count). The van der Waals surface area contributed by atoms with Gasteiger partial charge in [-0.05, 0) is 5.56 Å². The van der Waals surface area contributed by atoms with Crippen molar-refractivity contribution in [2.75, 3.05) is 0 Å². The molecule has 2 N–H and O–H groups in total. The zero-order valence-corrected chi connectivity index (χ0v) is 8.12. The average molecular weight is 220 g/mol. The summed E-state index contributed by atoms with van der Waals surface area (Å²) >= 11 is -4.67. The molecule has 1 aromatic carbocycles. The third kappa shape index (κ3) is 2.70. The van der Waals surface area contributed by atoms with Crippen molar-refractivity contribution in [2.24, 2.45) is 0 Å². The molecule has 0 saturated carbocycles. The minimum Gasteiger partial charge on any atom is -0.305 e. The van der Waals surface area contributed by atoms with Crippen molar-refractivity contribution < 1.29 is 17.5 Å². The molecule has 0 amide bonds. The van der Waals surface area contributed by atoms with Crippen molar-refractivity contribution in [3.05, 3.63) is 35.9 Å². The van der Waals surface area contributed by atoms with Crippen LogP contribution in [0.4, 0.5) is 0 Å². The van der Waals surface area contributed by atoms with Crippen LogP contribution in [0.3, 0.4) is 0 Å². The minimum absolute atomic E-state index is 0.379. The highest BCUT2D eigenvalue weighted by Crippen LogP contribution is 2.20. The molecule has 0 aliphatic rings. The predicted molar refractivity (Wildman–Crippen MR) is 50.7 cm³/mol. The molecule has 0 spiro atoms. The first kappa shape index (κ1) is 10.5. The summed E-state index contributed by atoms with van der Waals surface area (Å²) in [6.07, 6.45) is 0. The first-order valence-corrected chi connectivity index (χ1v) is 5.71. The first-order valence-electron chi connectivity index (χ1n) is 3.37. The Bertz CT molecular complexity index is 311. The molecule has 0 heterocycles. The Kier molecular flexibility index (Phi) is 3.73. The maximum atomic E-state index is 10.7. The molecule has 72 valence electrons. The summed E-state index contributed by atoms with van der Waals surface area (Å²) in [5.74, 6) is 0. The second-order valence-corrected chi connectivity index (χ2v) is 4.64. The van der Waals surface area contributed by atoms with Gasteiger partial charge < -0.3 is 9.11 Å². The van der Waals surface area contributed by atoms with Crippen LogP contribution in [0.2, 0.25) is 0 Å². The van der Waals surface area contributed by atoms with Crippen LogP contribution in [-0.4, -0.2) is 17.5 Å². The normalized spacial score (nSPS) is 17.7. The fourth-order valence-electron chi connectivity index (χ4n) is 0.913. The molecule has 0 fully saturated rings. The number of rotatable bonds is 3. The van der Waals surface area contributed by atoms with Crippen LogP contribution in [-0.2, 0) is 22.2 Å². The number of benzene rings is 1. The van der Waals surface area contributed by atoms with E-state index < -0.39 is 26.7 Å². The van der Waals surface area contributed by atoms with Gasteiger partial charge in [-0.1, -0.05) is 30.3 Å². The van der Waals surface area contributed by atoms with E-state index in [4.69, 9.17) is 9.11 Å². The summed E-state index contributed by atoms with van der Waals surface area (Å²) in [5.41, 5.74) is 0.379. The van der Waals surface area contributed by atoms with Gasteiger partial charge in [0.05, 0.1) is 0 Å². The molecule has 13 heavy (non-hydrogen) atoms. The van der Waals surface area contributed by atoms with Gasteiger partial charge in [-0.25, -0.2) is 8.42 Å². The first-order chi connectivity index (χ1) is 6.13. The molecule has 1 aromatic rings. The number of hydrogen-bond acceptors (Lipinski definition) is 2. The molecule has 0 radical (unpaired) electrons. The van der Waals surface area contributed by atoms with Crippen LogP contribution in [0.1, 0.15) is 10.1 Å². The van der Waals surface area contributed by atoms with Crippen molar-refractivity contribution in [3.63, 3.8) is 0 Å². The van der Waals surface area contributed by atoms with Crippen molar-refractivity contribution in [3.8, 4) is 0 Å². The summed E-state index contributed by atoms with van der Waals surface area (Å²) < 4.78 is 37.7. The van der Waals surface area contributed by atoms with Crippen LogP contribution < -0.4 is 0 Å². The Morgan fingerprint density at radius 3 is 1.85 bits per heavy atom. The fourth-order valence-corrected chi connectivity index (χ4v) is 2.26. The van der Waals surface area contributed by atoms with E-state index in [9.17, 15) is 8.42 Å². The number of hydrogen-bond donors (Lipinski definition) is 2. The van der Waals surface area contributed by atoms with E-state index in [2.05, 4.69) is 0 Å². The third-order valence-electron chi connectivity index (χ3n) is 1.44. The highest BCUT2D eigenvalue weighted by molar-refractivity contribution is 7.97. The van der Waals surface area contributed by atoms with Gasteiger partial charge in [0.2, 0.25) is 0 Å². The second-order valence-electron chi connectivity index (χ2n) is 2.29. The van der Waals surface area contributed by atoms with Crippen molar-refractivity contribution in [1.82, 2.24) is 0 Å². The third-order valence-corrected chi connectivity index (χ3v) is 3.70. The van der Waals surface area contributed by atoms with E-state index in [1.165, 1.54) is 12.1 Å². The zero-order valence-electron chi connectivity index (χ0n) is 6.49. The van der Waals surface area contributed by atoms with Gasteiger partial charge in [0.15, 0.2) is 26.7 Å². The molecule has 0 bridgehead atoms. The highest BCUT2D eigenvalue weighted by atomic mass is 32.3. The molecular formula is C7H8O4S2. The topological polar surface area (TPSA) is 74.6 Å². The molecule has 0 saturated heterocycles. The molecule has 2 unspecified atom stereocenters. The van der Waals surface area contributed by atoms with Crippen LogP contribution in [0, 0.1) is 0 Å². The standard InChI is InChI=1S/C7H8O4S2/c8-12(9)7(13(10)11)6-4-2-1-3-5-6/h1-5,7H,(H,8,9)(H,10,11). The van der Waals surface area contributed by atoms with Crippen molar-refractivity contribution in [1.29, 1.82) is 0 Å². The molecular weight excluding hydrogens is 212 g/mol. The van der Waals surface area contributed by atoms with Gasteiger partial charge in [0, 0.05) is 0 Å². The summed E-state index contributed by atoms with van der Waals surface area (Å²) in [6, 6.07) is 8.07. The Morgan fingerprint density at radius 1 is 1.00 bits per heavy atom. The van der Waals surface area contributed by atoms with Gasteiger partial charge in [-0.2, -0.15) is 0 Å². The second kappa shape index (κ2) is 4.61. The van der Waals surface area contributed by atoms with E-state index in [1.807, 2.05) is 0 Å². The summed E-state index contributed by atoms with van der Waals surface area (Å²) in [5, 5.41) is 0. The highest BCUT2D eigenvalue weighted by Gasteiger charge is 2.23. The summed E-state index contributed by atoms with van der Waals surface area (Å²) in [6.45, 7) is 0. The molecule has 0 aliphatic heterocycles. The Hall–Kier alpha value is -0.560. The monoisotopic (exact) mass is 220 g/mol. The Labute approximate surface area is 80.6 Å². The maximum Gasteiger partial charge on any atom is 0.186 e. The van der Waals surface area contributed by atoms with Gasteiger partial charge in [0.1, 0.15) is 0 Å². The SMILES string of the molecule is O=S(O)C(c1ccccc1)S(=O)O. The average Bonchev–Trinajstić information content (AvgIpc) is 2.04. The maximum absolute atomic E-state index is 10.7. The lowest BCUT2D eigenvalue weighted by Gasteiger charge is -2.07. The zero-order chi connectivity index (χ0) is 9.84. The minimum atomic E-state index is -2.33. The smallest absolute Gasteiger partial charge is 0.186 e. The van der Waals surface area contributed by atoms with Crippen molar-refractivity contribution >= 4 is 22.2 Å².